The molecule has 0 aromatic heterocycles. The van der Waals surface area contributed by atoms with Crippen LogP contribution in [0.2, 0.25) is 0 Å². The average Bonchev–Trinajstić information content (AvgIpc) is 3.60. The number of likely N-dealkylation sites (N-methyl/N-ethyl adjacent to an activating group) is 1. The maximum atomic E-state index is 12.7. The van der Waals surface area contributed by atoms with Gasteiger partial charge in [-0.05, 0) is 92.3 Å². The Labute approximate surface area is 290 Å². The molecule has 6 rings (SSSR count). The van der Waals surface area contributed by atoms with E-state index in [1.54, 1.807) is 20.3 Å². The molecule has 258 valence electrons. The van der Waals surface area contributed by atoms with Crippen molar-refractivity contribution in [2.75, 3.05) is 66.7 Å². The zero-order chi connectivity index (χ0) is 34.9. The van der Waals surface area contributed by atoms with Gasteiger partial charge in [-0.3, -0.25) is 9.59 Å². The van der Waals surface area contributed by atoms with Crippen LogP contribution in [-0.2, 0) is 0 Å². The number of rotatable bonds is 15. The number of ketones is 2. The van der Waals surface area contributed by atoms with Gasteiger partial charge in [-0.2, -0.15) is 0 Å². The van der Waals surface area contributed by atoms with Gasteiger partial charge in [0.15, 0.2) is 11.6 Å². The molecule has 4 aromatic rings. The lowest BCUT2D eigenvalue weighted by molar-refractivity contribution is 0.103. The van der Waals surface area contributed by atoms with E-state index in [9.17, 15) is 9.59 Å². The molecule has 0 atom stereocenters. The largest absolute Gasteiger partial charge is 0.497 e. The molecule has 0 aliphatic heterocycles. The van der Waals surface area contributed by atoms with E-state index in [0.717, 1.165) is 79.4 Å². The van der Waals surface area contributed by atoms with Crippen molar-refractivity contribution in [3.63, 3.8) is 0 Å². The van der Waals surface area contributed by atoms with Crippen molar-refractivity contribution in [2.45, 2.75) is 34.1 Å². The van der Waals surface area contributed by atoms with E-state index < -0.39 is 0 Å². The molecule has 8 nitrogen and oxygen atoms in total. The van der Waals surface area contributed by atoms with Gasteiger partial charge < -0.3 is 28.7 Å². The standard InChI is InChI=1S/C21H25NO3.C20H23NO3/c1-4-22(5-2)12-7-13-25-19-9-6-8-17-20(19)16-11-10-15(24-3)14-18(16)21(17)23;1-4-21(5-2)11-12-24-18-8-6-7-16-19(18)15-10-9-14(23-3)13-17(15)20(16)22/h6,8-11,14H,4-5,7,12-13H2,1-3H3;6-10,13H,4-5,11-12H2,1-3H3. The number of fused-ring (bicyclic) bond motifs is 6. The van der Waals surface area contributed by atoms with E-state index in [0.29, 0.717) is 47.0 Å². The Morgan fingerprint density at radius 3 is 1.41 bits per heavy atom. The molecule has 0 saturated carbocycles. The molecule has 2 aliphatic carbocycles. The summed E-state index contributed by atoms with van der Waals surface area (Å²) in [6, 6.07) is 22.7. The molecule has 0 radical (unpaired) electrons. The molecule has 0 bridgehead atoms. The predicted octanol–water partition coefficient (Wildman–Crippen LogP) is 7.64. The molecule has 0 fully saturated rings. The second kappa shape index (κ2) is 16.6. The molecule has 0 N–H and O–H groups in total. The third-order valence-corrected chi connectivity index (χ3v) is 9.35. The summed E-state index contributed by atoms with van der Waals surface area (Å²) in [6.07, 6.45) is 0.967. The van der Waals surface area contributed by atoms with E-state index in [4.69, 9.17) is 18.9 Å². The van der Waals surface area contributed by atoms with E-state index in [1.165, 1.54) is 0 Å². The fourth-order valence-electron chi connectivity index (χ4n) is 6.47. The quantitative estimate of drug-likeness (QED) is 0.104. The molecule has 0 heterocycles. The zero-order valence-electron chi connectivity index (χ0n) is 29.6. The van der Waals surface area contributed by atoms with Gasteiger partial charge in [-0.15, -0.1) is 0 Å². The molecule has 2 aliphatic rings. The van der Waals surface area contributed by atoms with Gasteiger partial charge in [0, 0.05) is 46.5 Å². The number of carbonyl (C=O) groups excluding carboxylic acids is 2. The third-order valence-electron chi connectivity index (χ3n) is 9.35. The van der Waals surface area contributed by atoms with Crippen molar-refractivity contribution in [1.29, 1.82) is 0 Å². The van der Waals surface area contributed by atoms with Crippen LogP contribution in [0.4, 0.5) is 0 Å². The number of carbonyl (C=O) groups is 2. The van der Waals surface area contributed by atoms with Crippen LogP contribution in [0, 0.1) is 0 Å². The van der Waals surface area contributed by atoms with Crippen LogP contribution in [0.5, 0.6) is 23.0 Å². The molecule has 0 amide bonds. The van der Waals surface area contributed by atoms with Gasteiger partial charge in [0.05, 0.1) is 20.8 Å². The van der Waals surface area contributed by atoms with Crippen LogP contribution in [0.25, 0.3) is 22.3 Å². The normalized spacial score (nSPS) is 12.2. The molecule has 49 heavy (non-hydrogen) atoms. The van der Waals surface area contributed by atoms with Gasteiger partial charge in [0.1, 0.15) is 29.6 Å². The molecule has 8 heteroatoms. The lowest BCUT2D eigenvalue weighted by Gasteiger charge is -2.19. The Morgan fingerprint density at radius 2 is 0.959 bits per heavy atom. The van der Waals surface area contributed by atoms with Crippen LogP contribution in [0.15, 0.2) is 72.8 Å². The second-order valence-corrected chi connectivity index (χ2v) is 11.9. The summed E-state index contributed by atoms with van der Waals surface area (Å²) in [6.45, 7) is 15.9. The lowest BCUT2D eigenvalue weighted by Crippen LogP contribution is -2.27. The average molecular weight is 665 g/mol. The summed E-state index contributed by atoms with van der Waals surface area (Å²) in [5, 5.41) is 0. The zero-order valence-corrected chi connectivity index (χ0v) is 29.6. The van der Waals surface area contributed by atoms with Crippen molar-refractivity contribution in [2.24, 2.45) is 0 Å². The van der Waals surface area contributed by atoms with Crippen LogP contribution >= 0.6 is 0 Å². The highest BCUT2D eigenvalue weighted by atomic mass is 16.5. The summed E-state index contributed by atoms with van der Waals surface area (Å²) in [4.78, 5) is 30.0. The maximum Gasteiger partial charge on any atom is 0.194 e. The highest BCUT2D eigenvalue weighted by molar-refractivity contribution is 6.23. The van der Waals surface area contributed by atoms with Gasteiger partial charge in [-0.25, -0.2) is 0 Å². The van der Waals surface area contributed by atoms with Crippen molar-refractivity contribution in [3.8, 4) is 45.3 Å². The van der Waals surface area contributed by atoms with Crippen LogP contribution < -0.4 is 18.9 Å². The minimum atomic E-state index is 0.0353. The lowest BCUT2D eigenvalue weighted by atomic mass is 10.0. The van der Waals surface area contributed by atoms with Crippen molar-refractivity contribution in [3.05, 3.63) is 95.1 Å². The van der Waals surface area contributed by atoms with Gasteiger partial charge in [0.25, 0.3) is 0 Å². The van der Waals surface area contributed by atoms with Gasteiger partial charge in [-0.1, -0.05) is 52.0 Å². The Hall–Kier alpha value is -4.66. The molecule has 0 unspecified atom stereocenters. The minimum Gasteiger partial charge on any atom is -0.497 e. The van der Waals surface area contributed by atoms with Gasteiger partial charge in [0.2, 0.25) is 0 Å². The topological polar surface area (TPSA) is 77.5 Å². The Balaban J connectivity index is 0.000000191. The van der Waals surface area contributed by atoms with Crippen molar-refractivity contribution >= 4 is 11.6 Å². The van der Waals surface area contributed by atoms with Crippen LogP contribution in [-0.4, -0.2) is 88.1 Å². The van der Waals surface area contributed by atoms with Gasteiger partial charge >= 0.3 is 0 Å². The molecule has 4 aromatic carbocycles. The van der Waals surface area contributed by atoms with E-state index in [2.05, 4.69) is 37.5 Å². The molecule has 0 spiro atoms. The number of benzene rings is 4. The van der Waals surface area contributed by atoms with E-state index in [1.807, 2.05) is 66.7 Å². The minimum absolute atomic E-state index is 0.0353. The highest BCUT2D eigenvalue weighted by Gasteiger charge is 2.31. The highest BCUT2D eigenvalue weighted by Crippen LogP contribution is 2.45. The van der Waals surface area contributed by atoms with Crippen molar-refractivity contribution < 1.29 is 28.5 Å². The molecular formula is C41H48N2O6. The number of nitrogens with zero attached hydrogens (tertiary/aromatic N) is 2. The number of ether oxygens (including phenoxy) is 4. The molecular weight excluding hydrogens is 616 g/mol. The predicted molar refractivity (Wildman–Crippen MR) is 195 cm³/mol. The summed E-state index contributed by atoms with van der Waals surface area (Å²) >= 11 is 0. The SMILES string of the molecule is CCN(CC)CCCOc1cccc2c1-c1ccc(OC)cc1C2=O.CCN(CC)CCOc1cccc2c1-c1ccc(OC)cc1C2=O. The number of hydrogen-bond acceptors (Lipinski definition) is 8. The molecule has 0 saturated heterocycles. The summed E-state index contributed by atoms with van der Waals surface area (Å²) in [5.41, 5.74) is 6.46. The fourth-order valence-corrected chi connectivity index (χ4v) is 6.47. The number of hydrogen-bond donors (Lipinski definition) is 0. The fraction of sp³-hybridized carbons (Fsp3) is 0.366. The monoisotopic (exact) mass is 664 g/mol. The van der Waals surface area contributed by atoms with E-state index >= 15 is 0 Å². The Kier molecular flexibility index (Phi) is 12.1. The van der Waals surface area contributed by atoms with E-state index in [-0.39, 0.29) is 11.6 Å². The summed E-state index contributed by atoms with van der Waals surface area (Å²) in [7, 11) is 3.22. The Morgan fingerprint density at radius 1 is 0.510 bits per heavy atom. The van der Waals surface area contributed by atoms with Crippen LogP contribution in [0.1, 0.15) is 66.0 Å². The maximum absolute atomic E-state index is 12.7. The van der Waals surface area contributed by atoms with Crippen molar-refractivity contribution in [1.82, 2.24) is 9.80 Å². The first-order chi connectivity index (χ1) is 23.9. The summed E-state index contributed by atoms with van der Waals surface area (Å²) < 4.78 is 22.6. The van der Waals surface area contributed by atoms with Crippen LogP contribution in [0.3, 0.4) is 0 Å². The third kappa shape index (κ3) is 7.66. The first-order valence-corrected chi connectivity index (χ1v) is 17.3. The second-order valence-electron chi connectivity index (χ2n) is 11.9. The Bertz CT molecular complexity index is 1780. The smallest absolute Gasteiger partial charge is 0.194 e. The first-order valence-electron chi connectivity index (χ1n) is 17.3. The first kappa shape index (κ1) is 35.6. The summed E-state index contributed by atoms with van der Waals surface area (Å²) in [5.74, 6) is 3.03. The number of methoxy groups -OCH3 is 2.